The molecule has 0 aromatic heterocycles. The van der Waals surface area contributed by atoms with Crippen LogP contribution in [0.4, 0.5) is 4.79 Å². The van der Waals surface area contributed by atoms with Gasteiger partial charge in [0.2, 0.25) is 11.8 Å². The third kappa shape index (κ3) is 8.40. The summed E-state index contributed by atoms with van der Waals surface area (Å²) in [5.74, 6) is -0.797. The van der Waals surface area contributed by atoms with Crippen LogP contribution in [-0.4, -0.2) is 51.6 Å². The molecule has 0 saturated heterocycles. The lowest BCUT2D eigenvalue weighted by Crippen LogP contribution is -2.58. The number of alkyl carbamates (subject to hydrolysis) is 1. The van der Waals surface area contributed by atoms with E-state index in [-0.39, 0.29) is 11.7 Å². The van der Waals surface area contributed by atoms with Gasteiger partial charge in [-0.1, -0.05) is 25.5 Å². The van der Waals surface area contributed by atoms with E-state index in [1.165, 1.54) is 17.0 Å². The van der Waals surface area contributed by atoms with Crippen molar-refractivity contribution in [3.63, 3.8) is 0 Å². The smallest absolute Gasteiger partial charge is 0.408 e. The summed E-state index contributed by atoms with van der Waals surface area (Å²) in [5, 5.41) is 15.5. The van der Waals surface area contributed by atoms with E-state index in [2.05, 4.69) is 10.6 Å². The first-order valence-electron chi connectivity index (χ1n) is 11.1. The van der Waals surface area contributed by atoms with Crippen LogP contribution in [0.2, 0.25) is 0 Å². The SMILES string of the molecule is CCCCNC(=O)C(c1cccc(O)c1)N(C(=O)C(C)NC(=O)OC(C)(C)C)C(C)(C)C. The number of nitrogens with one attached hydrogen (secondary N) is 2. The number of aromatic hydroxyl groups is 1. The third-order valence-electron chi connectivity index (χ3n) is 4.59. The minimum absolute atomic E-state index is 0.00454. The summed E-state index contributed by atoms with van der Waals surface area (Å²) in [6.45, 7) is 14.7. The fraction of sp³-hybridized carbons (Fsp3) is 0.625. The highest BCUT2D eigenvalue weighted by atomic mass is 16.6. The Morgan fingerprint density at radius 1 is 1.12 bits per heavy atom. The van der Waals surface area contributed by atoms with Crippen molar-refractivity contribution in [3.8, 4) is 5.75 Å². The summed E-state index contributed by atoms with van der Waals surface area (Å²) in [6, 6.07) is 4.38. The Hall–Kier alpha value is -2.77. The molecule has 2 unspecified atom stereocenters. The molecule has 1 aromatic rings. The first-order chi connectivity index (χ1) is 14.7. The Kier molecular flexibility index (Phi) is 9.54. The molecule has 3 N–H and O–H groups in total. The van der Waals surface area contributed by atoms with Crippen LogP contribution in [0.15, 0.2) is 24.3 Å². The summed E-state index contributed by atoms with van der Waals surface area (Å²) < 4.78 is 5.26. The topological polar surface area (TPSA) is 108 Å². The van der Waals surface area contributed by atoms with Crippen molar-refractivity contribution in [3.05, 3.63) is 29.8 Å². The summed E-state index contributed by atoms with van der Waals surface area (Å²) in [5.41, 5.74) is -0.995. The third-order valence-corrected chi connectivity index (χ3v) is 4.59. The zero-order valence-electron chi connectivity index (χ0n) is 20.6. The van der Waals surface area contributed by atoms with Gasteiger partial charge in [-0.25, -0.2) is 4.79 Å². The molecule has 0 fully saturated rings. The van der Waals surface area contributed by atoms with Gasteiger partial charge in [-0.2, -0.15) is 0 Å². The van der Waals surface area contributed by atoms with E-state index in [9.17, 15) is 19.5 Å². The number of phenols is 1. The van der Waals surface area contributed by atoms with Crippen LogP contribution in [0.25, 0.3) is 0 Å². The molecule has 3 amide bonds. The highest BCUT2D eigenvalue weighted by molar-refractivity contribution is 5.92. The normalized spacial score (nSPS) is 13.6. The van der Waals surface area contributed by atoms with Crippen molar-refractivity contribution in [2.45, 2.75) is 91.5 Å². The van der Waals surface area contributed by atoms with Crippen LogP contribution in [-0.2, 0) is 14.3 Å². The molecule has 32 heavy (non-hydrogen) atoms. The zero-order chi connectivity index (χ0) is 24.7. The van der Waals surface area contributed by atoms with E-state index in [1.54, 1.807) is 39.8 Å². The Labute approximate surface area is 191 Å². The summed E-state index contributed by atoms with van der Waals surface area (Å²) in [6.07, 6.45) is 1.00. The Morgan fingerprint density at radius 3 is 2.25 bits per heavy atom. The van der Waals surface area contributed by atoms with Crippen molar-refractivity contribution >= 4 is 17.9 Å². The van der Waals surface area contributed by atoms with Crippen molar-refractivity contribution in [2.75, 3.05) is 6.54 Å². The van der Waals surface area contributed by atoms with E-state index in [0.29, 0.717) is 12.1 Å². The van der Waals surface area contributed by atoms with E-state index in [0.717, 1.165) is 12.8 Å². The maximum Gasteiger partial charge on any atom is 0.408 e. The fourth-order valence-electron chi connectivity index (χ4n) is 3.20. The Balaban J connectivity index is 3.32. The van der Waals surface area contributed by atoms with Crippen LogP contribution < -0.4 is 10.6 Å². The van der Waals surface area contributed by atoms with Gasteiger partial charge in [-0.15, -0.1) is 0 Å². The molecule has 8 nitrogen and oxygen atoms in total. The van der Waals surface area contributed by atoms with Crippen molar-refractivity contribution in [2.24, 2.45) is 0 Å². The number of nitrogens with zero attached hydrogens (tertiary/aromatic N) is 1. The van der Waals surface area contributed by atoms with Gasteiger partial charge in [-0.3, -0.25) is 9.59 Å². The van der Waals surface area contributed by atoms with Crippen LogP contribution in [0.1, 0.15) is 79.8 Å². The van der Waals surface area contributed by atoms with Crippen LogP contribution in [0.5, 0.6) is 5.75 Å². The number of phenolic OH excluding ortho intramolecular Hbond substituents is 1. The average Bonchev–Trinajstić information content (AvgIpc) is 2.62. The van der Waals surface area contributed by atoms with Gasteiger partial charge in [0, 0.05) is 12.1 Å². The molecular weight excluding hydrogens is 410 g/mol. The summed E-state index contributed by atoms with van der Waals surface area (Å²) >= 11 is 0. The van der Waals surface area contributed by atoms with Gasteiger partial charge in [0.1, 0.15) is 23.4 Å². The highest BCUT2D eigenvalue weighted by Gasteiger charge is 2.40. The standard InChI is InChI=1S/C24H39N3O5/c1-9-10-14-25-20(29)19(17-12-11-13-18(28)15-17)27(23(3,4)5)21(30)16(2)26-22(31)32-24(6,7)8/h11-13,15-16,19,28H,9-10,14H2,1-8H3,(H,25,29)(H,26,31). The molecule has 1 aromatic carbocycles. The van der Waals surface area contributed by atoms with Crippen LogP contribution in [0.3, 0.4) is 0 Å². The molecule has 8 heteroatoms. The Morgan fingerprint density at radius 2 is 1.75 bits per heavy atom. The molecule has 1 rings (SSSR count). The minimum atomic E-state index is -0.991. The quantitative estimate of drug-likeness (QED) is 0.522. The fourth-order valence-corrected chi connectivity index (χ4v) is 3.20. The molecule has 0 bridgehead atoms. The maximum absolute atomic E-state index is 13.5. The number of hydrogen-bond acceptors (Lipinski definition) is 5. The number of rotatable bonds is 8. The van der Waals surface area contributed by atoms with E-state index in [1.807, 2.05) is 27.7 Å². The lowest BCUT2D eigenvalue weighted by Gasteiger charge is -2.42. The zero-order valence-corrected chi connectivity index (χ0v) is 20.6. The second-order valence-corrected chi connectivity index (χ2v) is 9.89. The maximum atomic E-state index is 13.5. The molecular formula is C24H39N3O5. The molecule has 180 valence electrons. The molecule has 2 atom stereocenters. The number of benzene rings is 1. The van der Waals surface area contributed by atoms with Gasteiger partial charge in [0.25, 0.3) is 0 Å². The second kappa shape index (κ2) is 11.2. The lowest BCUT2D eigenvalue weighted by atomic mass is 9.95. The number of ether oxygens (including phenoxy) is 1. The van der Waals surface area contributed by atoms with E-state index >= 15 is 0 Å². The lowest BCUT2D eigenvalue weighted by molar-refractivity contribution is -0.148. The van der Waals surface area contributed by atoms with Gasteiger partial charge >= 0.3 is 6.09 Å². The molecule has 0 aliphatic rings. The number of carbonyl (C=O) groups is 3. The van der Waals surface area contributed by atoms with Gasteiger partial charge in [0.05, 0.1) is 0 Å². The second-order valence-electron chi connectivity index (χ2n) is 9.89. The molecule has 0 saturated carbocycles. The predicted molar refractivity (Wildman–Crippen MR) is 124 cm³/mol. The first kappa shape index (κ1) is 27.3. The molecule has 0 spiro atoms. The molecule has 0 aliphatic heterocycles. The van der Waals surface area contributed by atoms with Crippen molar-refractivity contribution in [1.82, 2.24) is 15.5 Å². The molecule has 0 aliphatic carbocycles. The average molecular weight is 450 g/mol. The molecule has 0 radical (unpaired) electrons. The van der Waals surface area contributed by atoms with Crippen molar-refractivity contribution < 1.29 is 24.2 Å². The number of carbonyl (C=O) groups excluding carboxylic acids is 3. The Bertz CT molecular complexity index is 796. The number of hydrogen-bond donors (Lipinski definition) is 3. The van der Waals surface area contributed by atoms with E-state index < -0.39 is 35.2 Å². The monoisotopic (exact) mass is 449 g/mol. The largest absolute Gasteiger partial charge is 0.508 e. The predicted octanol–water partition coefficient (Wildman–Crippen LogP) is 3.89. The first-order valence-corrected chi connectivity index (χ1v) is 11.1. The number of amides is 3. The number of unbranched alkanes of at least 4 members (excludes halogenated alkanes) is 1. The summed E-state index contributed by atoms with van der Waals surface area (Å²) in [7, 11) is 0. The van der Waals surface area contributed by atoms with Gasteiger partial charge in [0.15, 0.2) is 0 Å². The van der Waals surface area contributed by atoms with Gasteiger partial charge < -0.3 is 25.4 Å². The molecule has 0 heterocycles. The van der Waals surface area contributed by atoms with Crippen LogP contribution in [0, 0.1) is 0 Å². The highest BCUT2D eigenvalue weighted by Crippen LogP contribution is 2.31. The summed E-state index contributed by atoms with van der Waals surface area (Å²) in [4.78, 5) is 40.5. The van der Waals surface area contributed by atoms with Gasteiger partial charge in [-0.05, 0) is 72.6 Å². The van der Waals surface area contributed by atoms with E-state index in [4.69, 9.17) is 4.74 Å². The van der Waals surface area contributed by atoms with Crippen molar-refractivity contribution in [1.29, 1.82) is 0 Å². The minimum Gasteiger partial charge on any atom is -0.508 e. The van der Waals surface area contributed by atoms with Crippen LogP contribution >= 0.6 is 0 Å².